The van der Waals surface area contributed by atoms with Gasteiger partial charge in [-0.05, 0) is 20.3 Å². The SMILES string of the molecule is CN=C(NC1CC(C)(OC)C1(C)C)N(C)Cc1csc(C(C)OC)n1.I. The van der Waals surface area contributed by atoms with Gasteiger partial charge in [-0.1, -0.05) is 13.8 Å². The third-order valence-electron chi connectivity index (χ3n) is 5.83. The second-order valence-corrected chi connectivity index (χ2v) is 8.41. The minimum absolute atomic E-state index is 0. The Bertz CT molecular complexity index is 622. The largest absolute Gasteiger partial charge is 0.378 e. The number of rotatable bonds is 6. The van der Waals surface area contributed by atoms with Gasteiger partial charge in [0.25, 0.3) is 0 Å². The van der Waals surface area contributed by atoms with E-state index in [2.05, 4.69) is 46.3 Å². The van der Waals surface area contributed by atoms with Crippen molar-refractivity contribution in [2.45, 2.75) is 58.4 Å². The number of thiazole rings is 1. The van der Waals surface area contributed by atoms with Crippen LogP contribution in [-0.2, 0) is 16.0 Å². The third-order valence-corrected chi connectivity index (χ3v) is 6.88. The second-order valence-electron chi connectivity index (χ2n) is 7.52. The highest BCUT2D eigenvalue weighted by Crippen LogP contribution is 2.51. The smallest absolute Gasteiger partial charge is 0.193 e. The number of halogens is 1. The quantitative estimate of drug-likeness (QED) is 0.370. The molecule has 150 valence electrons. The van der Waals surface area contributed by atoms with Crippen LogP contribution in [0.5, 0.6) is 0 Å². The van der Waals surface area contributed by atoms with Gasteiger partial charge in [-0.3, -0.25) is 4.99 Å². The van der Waals surface area contributed by atoms with Crippen molar-refractivity contribution in [1.29, 1.82) is 0 Å². The number of nitrogens with zero attached hydrogens (tertiary/aromatic N) is 3. The molecule has 1 saturated carbocycles. The molecule has 1 N–H and O–H groups in total. The summed E-state index contributed by atoms with van der Waals surface area (Å²) in [4.78, 5) is 11.2. The average molecular weight is 496 g/mol. The van der Waals surface area contributed by atoms with E-state index in [0.29, 0.717) is 12.6 Å². The maximum Gasteiger partial charge on any atom is 0.193 e. The van der Waals surface area contributed by atoms with E-state index < -0.39 is 0 Å². The molecule has 1 aromatic rings. The first-order chi connectivity index (χ1) is 11.7. The molecule has 6 nitrogen and oxygen atoms in total. The van der Waals surface area contributed by atoms with Gasteiger partial charge in [0.1, 0.15) is 11.1 Å². The molecule has 3 atom stereocenters. The summed E-state index contributed by atoms with van der Waals surface area (Å²) in [5.74, 6) is 0.880. The number of ether oxygens (including phenoxy) is 2. The lowest BCUT2D eigenvalue weighted by Gasteiger charge is -2.59. The van der Waals surface area contributed by atoms with Crippen LogP contribution in [0.3, 0.4) is 0 Å². The van der Waals surface area contributed by atoms with Gasteiger partial charge in [0.05, 0.1) is 17.8 Å². The van der Waals surface area contributed by atoms with Crippen LogP contribution in [0.2, 0.25) is 0 Å². The third kappa shape index (κ3) is 4.51. The summed E-state index contributed by atoms with van der Waals surface area (Å²) in [6.07, 6.45) is 0.999. The Morgan fingerprint density at radius 3 is 2.62 bits per heavy atom. The fraction of sp³-hybridized carbons (Fsp3) is 0.778. The molecule has 3 unspecified atom stereocenters. The minimum atomic E-state index is -0.0950. The first-order valence-corrected chi connectivity index (χ1v) is 9.53. The number of aliphatic imine (C=N–C) groups is 1. The minimum Gasteiger partial charge on any atom is -0.378 e. The van der Waals surface area contributed by atoms with Crippen LogP contribution >= 0.6 is 35.3 Å². The van der Waals surface area contributed by atoms with Crippen LogP contribution in [-0.4, -0.2) is 55.8 Å². The molecule has 0 spiro atoms. The summed E-state index contributed by atoms with van der Waals surface area (Å²) >= 11 is 1.64. The number of guanidine groups is 1. The summed E-state index contributed by atoms with van der Waals surface area (Å²) in [7, 11) is 7.35. The highest BCUT2D eigenvalue weighted by molar-refractivity contribution is 14.0. The molecule has 1 aromatic heterocycles. The van der Waals surface area contributed by atoms with Gasteiger partial charge < -0.3 is 19.7 Å². The van der Waals surface area contributed by atoms with Gasteiger partial charge in [-0.2, -0.15) is 0 Å². The molecule has 8 heteroatoms. The summed E-state index contributed by atoms with van der Waals surface area (Å²) in [6.45, 7) is 9.37. The summed E-state index contributed by atoms with van der Waals surface area (Å²) in [6, 6.07) is 0.332. The predicted molar refractivity (Wildman–Crippen MR) is 119 cm³/mol. The molecule has 1 aliphatic carbocycles. The van der Waals surface area contributed by atoms with Crippen molar-refractivity contribution in [2.75, 3.05) is 28.3 Å². The lowest BCUT2D eigenvalue weighted by Crippen LogP contribution is -2.69. The topological polar surface area (TPSA) is 59.0 Å². The van der Waals surface area contributed by atoms with Crippen molar-refractivity contribution < 1.29 is 9.47 Å². The second kappa shape index (κ2) is 9.16. The van der Waals surface area contributed by atoms with Gasteiger partial charge in [0.2, 0.25) is 0 Å². The Morgan fingerprint density at radius 1 is 1.46 bits per heavy atom. The Kier molecular flexibility index (Phi) is 8.31. The summed E-state index contributed by atoms with van der Waals surface area (Å²) in [5, 5.41) is 6.68. The molecular weight excluding hydrogens is 463 g/mol. The van der Waals surface area contributed by atoms with Crippen molar-refractivity contribution in [3.8, 4) is 0 Å². The van der Waals surface area contributed by atoms with E-state index in [1.54, 1.807) is 25.6 Å². The van der Waals surface area contributed by atoms with Crippen LogP contribution in [0.1, 0.15) is 50.9 Å². The molecule has 0 aromatic carbocycles. The van der Waals surface area contributed by atoms with Crippen molar-refractivity contribution >= 4 is 41.3 Å². The number of hydrogen-bond acceptors (Lipinski definition) is 5. The van der Waals surface area contributed by atoms with Crippen LogP contribution in [0.4, 0.5) is 0 Å². The van der Waals surface area contributed by atoms with Gasteiger partial charge in [-0.25, -0.2) is 4.98 Å². The molecular formula is C18H33IN4O2S. The van der Waals surface area contributed by atoms with E-state index in [1.165, 1.54) is 0 Å². The first-order valence-electron chi connectivity index (χ1n) is 8.65. The monoisotopic (exact) mass is 496 g/mol. The molecule has 0 amide bonds. The average Bonchev–Trinajstić information content (AvgIpc) is 3.05. The number of methoxy groups -OCH3 is 2. The van der Waals surface area contributed by atoms with E-state index in [4.69, 9.17) is 9.47 Å². The van der Waals surface area contributed by atoms with Crippen molar-refractivity contribution in [1.82, 2.24) is 15.2 Å². The van der Waals surface area contributed by atoms with E-state index >= 15 is 0 Å². The van der Waals surface area contributed by atoms with Crippen molar-refractivity contribution in [2.24, 2.45) is 10.4 Å². The molecule has 2 rings (SSSR count). The van der Waals surface area contributed by atoms with Crippen molar-refractivity contribution in [3.05, 3.63) is 16.1 Å². The number of hydrogen-bond donors (Lipinski definition) is 1. The van der Waals surface area contributed by atoms with Gasteiger partial charge in [0, 0.05) is 45.2 Å². The molecule has 0 saturated heterocycles. The lowest BCUT2D eigenvalue weighted by atomic mass is 9.56. The van der Waals surface area contributed by atoms with Gasteiger partial charge in [0.15, 0.2) is 5.96 Å². The predicted octanol–water partition coefficient (Wildman–Crippen LogP) is 3.68. The summed E-state index contributed by atoms with van der Waals surface area (Å²) < 4.78 is 11.0. The highest BCUT2D eigenvalue weighted by Gasteiger charge is 2.58. The van der Waals surface area contributed by atoms with E-state index in [0.717, 1.165) is 23.1 Å². The summed E-state index contributed by atoms with van der Waals surface area (Å²) in [5.41, 5.74) is 0.978. The van der Waals surface area contributed by atoms with Crippen molar-refractivity contribution in [3.63, 3.8) is 0 Å². The molecule has 0 aliphatic heterocycles. The number of nitrogens with one attached hydrogen (secondary N) is 1. The molecule has 0 bridgehead atoms. The fourth-order valence-electron chi connectivity index (χ4n) is 3.22. The normalized spacial score (nSPS) is 25.8. The van der Waals surface area contributed by atoms with Crippen LogP contribution in [0.25, 0.3) is 0 Å². The van der Waals surface area contributed by atoms with E-state index in [1.807, 2.05) is 21.0 Å². The maximum absolute atomic E-state index is 5.71. The molecule has 0 radical (unpaired) electrons. The maximum atomic E-state index is 5.71. The Balaban J connectivity index is 0.00000338. The molecule has 1 aliphatic rings. The Labute approximate surface area is 178 Å². The lowest BCUT2D eigenvalue weighted by molar-refractivity contribution is -0.176. The van der Waals surface area contributed by atoms with Crippen LogP contribution in [0.15, 0.2) is 10.4 Å². The zero-order valence-electron chi connectivity index (χ0n) is 17.1. The zero-order chi connectivity index (χ0) is 18.8. The molecule has 1 fully saturated rings. The first kappa shape index (κ1) is 23.6. The van der Waals surface area contributed by atoms with Gasteiger partial charge >= 0.3 is 0 Å². The molecule has 26 heavy (non-hydrogen) atoms. The van der Waals surface area contributed by atoms with Gasteiger partial charge in [-0.15, -0.1) is 35.3 Å². The fourth-order valence-corrected chi connectivity index (χ4v) is 4.07. The van der Waals surface area contributed by atoms with Crippen LogP contribution < -0.4 is 5.32 Å². The number of aromatic nitrogens is 1. The zero-order valence-corrected chi connectivity index (χ0v) is 20.3. The Morgan fingerprint density at radius 2 is 2.12 bits per heavy atom. The van der Waals surface area contributed by atoms with Crippen LogP contribution in [0, 0.1) is 5.41 Å². The van der Waals surface area contributed by atoms with E-state index in [-0.39, 0.29) is 41.1 Å². The standard InChI is InChI=1S/C18H32N4O2S.HI/c1-12(23-7)15-20-13(11-25-15)10-22(6)16(19-5)21-14-9-18(4,24-8)17(14,2)3;/h11-12,14H,9-10H2,1-8H3,(H,19,21);1H. The molecule has 1 heterocycles. The highest BCUT2D eigenvalue weighted by atomic mass is 127. The van der Waals surface area contributed by atoms with E-state index in [9.17, 15) is 0 Å². The Hall–Kier alpha value is -0.450.